The van der Waals surface area contributed by atoms with E-state index in [1.165, 1.54) is 110 Å². The molecule has 0 amide bonds. The summed E-state index contributed by atoms with van der Waals surface area (Å²) in [6, 6.07) is 8.06. The quantitative estimate of drug-likeness (QED) is 0.0315. The zero-order chi connectivity index (χ0) is 30.2. The molecule has 2 unspecified atom stereocenters. The molecule has 0 saturated carbocycles. The summed E-state index contributed by atoms with van der Waals surface area (Å²) in [6.45, 7) is 9.87. The topological polar surface area (TPSA) is 84.9 Å². The van der Waals surface area contributed by atoms with E-state index < -0.39 is 22.8 Å². The van der Waals surface area contributed by atoms with Crippen LogP contribution in [0.1, 0.15) is 155 Å². The van der Waals surface area contributed by atoms with Crippen LogP contribution in [0.15, 0.2) is 36.6 Å². The molecule has 0 radical (unpaired) electrons. The zero-order valence-electron chi connectivity index (χ0n) is 26.4. The van der Waals surface area contributed by atoms with E-state index in [4.69, 9.17) is 9.47 Å². The lowest BCUT2D eigenvalue weighted by atomic mass is 10.0. The van der Waals surface area contributed by atoms with Gasteiger partial charge in [0.15, 0.2) is 6.10 Å². The Balaban J connectivity index is 2.56. The fraction of sp³-hybridized carbons (Fsp3) is 0.765. The summed E-state index contributed by atoms with van der Waals surface area (Å²) in [6.07, 6.45) is 23.9. The van der Waals surface area contributed by atoms with Crippen molar-refractivity contribution < 1.29 is 26.6 Å². The van der Waals surface area contributed by atoms with Crippen molar-refractivity contribution in [1.82, 2.24) is 0 Å². The summed E-state index contributed by atoms with van der Waals surface area (Å²) >= 11 is 0. The van der Waals surface area contributed by atoms with Gasteiger partial charge >= 0.3 is 0 Å². The van der Waals surface area contributed by atoms with E-state index in [1.807, 2.05) is 18.2 Å². The Hall–Kier alpha value is -1.57. The SMILES string of the molecule is C=C(OC(C)OS(=O)(=O)[O-])C(CCCCCCCCCCCCCCC)Oc1ccccc1CCCCCCCC. The predicted octanol–water partition coefficient (Wildman–Crippen LogP) is 10.2. The first-order valence-corrected chi connectivity index (χ1v) is 17.8. The Kier molecular flexibility index (Phi) is 21.9. The normalized spacial score (nSPS) is 13.2. The van der Waals surface area contributed by atoms with Gasteiger partial charge in [-0.3, -0.25) is 0 Å². The number of aryl methyl sites for hydroxylation is 1. The molecule has 0 aliphatic rings. The zero-order valence-corrected chi connectivity index (χ0v) is 27.2. The van der Waals surface area contributed by atoms with Crippen LogP contribution in [0.2, 0.25) is 0 Å². The van der Waals surface area contributed by atoms with E-state index >= 15 is 0 Å². The number of hydrogen-bond acceptors (Lipinski definition) is 6. The van der Waals surface area contributed by atoms with Gasteiger partial charge < -0.3 is 14.0 Å². The highest BCUT2D eigenvalue weighted by atomic mass is 32.3. The molecule has 1 aromatic rings. The number of hydrogen-bond donors (Lipinski definition) is 0. The van der Waals surface area contributed by atoms with Crippen molar-refractivity contribution in [1.29, 1.82) is 0 Å². The highest BCUT2D eigenvalue weighted by molar-refractivity contribution is 7.80. The van der Waals surface area contributed by atoms with Crippen LogP contribution >= 0.6 is 0 Å². The van der Waals surface area contributed by atoms with Crippen LogP contribution in [-0.4, -0.2) is 25.4 Å². The minimum atomic E-state index is -4.88. The van der Waals surface area contributed by atoms with Crippen molar-refractivity contribution in [3.63, 3.8) is 0 Å². The summed E-state index contributed by atoms with van der Waals surface area (Å²) in [7, 11) is -4.88. The van der Waals surface area contributed by atoms with E-state index in [0.29, 0.717) is 6.42 Å². The third kappa shape index (κ3) is 20.9. The van der Waals surface area contributed by atoms with Crippen LogP contribution in [0.3, 0.4) is 0 Å². The van der Waals surface area contributed by atoms with Crippen LogP contribution < -0.4 is 4.74 Å². The molecule has 0 bridgehead atoms. The first-order chi connectivity index (χ1) is 19.8. The van der Waals surface area contributed by atoms with Crippen LogP contribution in [0, 0.1) is 0 Å². The molecule has 2 atom stereocenters. The molecule has 238 valence electrons. The van der Waals surface area contributed by atoms with Gasteiger partial charge in [-0.25, -0.2) is 12.6 Å². The summed E-state index contributed by atoms with van der Waals surface area (Å²) in [5, 5.41) is 0. The van der Waals surface area contributed by atoms with Crippen molar-refractivity contribution >= 4 is 10.4 Å². The fourth-order valence-corrected chi connectivity index (χ4v) is 5.55. The van der Waals surface area contributed by atoms with E-state index in [0.717, 1.165) is 37.0 Å². The molecular formula is C34H59O6S-. The number of benzene rings is 1. The Labute approximate surface area is 252 Å². The maximum atomic E-state index is 11.0. The minimum Gasteiger partial charge on any atom is -0.725 e. The van der Waals surface area contributed by atoms with E-state index in [9.17, 15) is 13.0 Å². The molecule has 0 aliphatic carbocycles. The standard InChI is InChI=1S/C34H60O6S/c1-5-7-9-11-13-14-15-16-17-18-19-21-23-28-33(30(3)38-31(4)40-41(35,36)37)39-34-29-25-24-27-32(34)26-22-20-12-10-8-6-2/h24-25,27,29,31,33H,3,5-23,26,28H2,1-2,4H3,(H,35,36,37)/p-1. The van der Waals surface area contributed by atoms with Gasteiger partial charge in [-0.1, -0.05) is 148 Å². The molecule has 6 nitrogen and oxygen atoms in total. The minimum absolute atomic E-state index is 0.273. The number of para-hydroxylation sites is 1. The predicted molar refractivity (Wildman–Crippen MR) is 169 cm³/mol. The lowest BCUT2D eigenvalue weighted by Gasteiger charge is -2.26. The summed E-state index contributed by atoms with van der Waals surface area (Å²) in [4.78, 5) is 0. The van der Waals surface area contributed by atoms with Crippen molar-refractivity contribution in [3.05, 3.63) is 42.2 Å². The monoisotopic (exact) mass is 595 g/mol. The van der Waals surface area contributed by atoms with Gasteiger partial charge in [-0.2, -0.15) is 0 Å². The first kappa shape index (κ1) is 37.5. The Morgan fingerprint density at radius 2 is 1.22 bits per heavy atom. The molecule has 0 aromatic heterocycles. The molecule has 0 spiro atoms. The summed E-state index contributed by atoms with van der Waals surface area (Å²) in [5.41, 5.74) is 1.15. The highest BCUT2D eigenvalue weighted by Gasteiger charge is 2.21. The third-order valence-electron chi connectivity index (χ3n) is 7.54. The van der Waals surface area contributed by atoms with Gasteiger partial charge in [-0.15, -0.1) is 0 Å². The van der Waals surface area contributed by atoms with E-state index in [-0.39, 0.29) is 5.76 Å². The van der Waals surface area contributed by atoms with Crippen LogP contribution in [0.5, 0.6) is 5.75 Å². The molecule has 7 heteroatoms. The van der Waals surface area contributed by atoms with Gasteiger partial charge in [-0.05, 0) is 44.2 Å². The molecule has 0 aliphatic heterocycles. The molecule has 0 saturated heterocycles. The molecule has 1 rings (SSSR count). The number of rotatable bonds is 28. The average Bonchev–Trinajstić information content (AvgIpc) is 2.92. The van der Waals surface area contributed by atoms with Crippen LogP contribution in [0.4, 0.5) is 0 Å². The lowest BCUT2D eigenvalue weighted by Crippen LogP contribution is -2.26. The Morgan fingerprint density at radius 1 is 0.756 bits per heavy atom. The Bertz CT molecular complexity index is 885. The molecule has 0 heterocycles. The second-order valence-corrected chi connectivity index (χ2v) is 12.4. The first-order valence-electron chi connectivity index (χ1n) is 16.5. The average molecular weight is 596 g/mol. The van der Waals surface area contributed by atoms with E-state index in [1.54, 1.807) is 0 Å². The second-order valence-electron chi connectivity index (χ2n) is 11.4. The van der Waals surface area contributed by atoms with Crippen LogP contribution in [-0.2, 0) is 25.7 Å². The molecule has 41 heavy (non-hydrogen) atoms. The van der Waals surface area contributed by atoms with Crippen LogP contribution in [0.25, 0.3) is 0 Å². The molecule has 1 aromatic carbocycles. The smallest absolute Gasteiger partial charge is 0.220 e. The third-order valence-corrected chi connectivity index (χ3v) is 8.05. The summed E-state index contributed by atoms with van der Waals surface area (Å²) in [5.74, 6) is 1.07. The number of unbranched alkanes of at least 4 members (excludes halogenated alkanes) is 17. The van der Waals surface area contributed by atoms with Gasteiger partial charge in [0.05, 0.1) is 0 Å². The highest BCUT2D eigenvalue weighted by Crippen LogP contribution is 2.27. The summed E-state index contributed by atoms with van der Waals surface area (Å²) < 4.78 is 49.4. The maximum Gasteiger partial charge on any atom is 0.220 e. The van der Waals surface area contributed by atoms with Gasteiger partial charge in [0, 0.05) is 0 Å². The lowest BCUT2D eigenvalue weighted by molar-refractivity contribution is -0.0505. The number of ether oxygens (including phenoxy) is 2. The molecule has 0 fully saturated rings. The molecule has 0 N–H and O–H groups in total. The van der Waals surface area contributed by atoms with E-state index in [2.05, 4.69) is 30.7 Å². The van der Waals surface area contributed by atoms with Crippen molar-refractivity contribution in [2.45, 2.75) is 168 Å². The van der Waals surface area contributed by atoms with Crippen molar-refractivity contribution in [2.75, 3.05) is 0 Å². The van der Waals surface area contributed by atoms with Crippen molar-refractivity contribution in [2.24, 2.45) is 0 Å². The van der Waals surface area contributed by atoms with Gasteiger partial charge in [0.2, 0.25) is 16.7 Å². The maximum absolute atomic E-state index is 11.0. The fourth-order valence-electron chi connectivity index (χ4n) is 5.18. The van der Waals surface area contributed by atoms with Gasteiger partial charge in [0.25, 0.3) is 0 Å². The Morgan fingerprint density at radius 3 is 1.73 bits per heavy atom. The van der Waals surface area contributed by atoms with Gasteiger partial charge in [0.1, 0.15) is 11.5 Å². The molecular weight excluding hydrogens is 536 g/mol. The van der Waals surface area contributed by atoms with Crippen molar-refractivity contribution in [3.8, 4) is 5.75 Å². The largest absolute Gasteiger partial charge is 0.725 e. The second kappa shape index (κ2) is 23.9.